The quantitative estimate of drug-likeness (QED) is 0.239. The summed E-state index contributed by atoms with van der Waals surface area (Å²) in [6, 6.07) is 4.15. The predicted octanol–water partition coefficient (Wildman–Crippen LogP) is 8.00. The summed E-state index contributed by atoms with van der Waals surface area (Å²) >= 11 is 0. The number of pyridine rings is 1. The first-order chi connectivity index (χ1) is 22.8. The van der Waals surface area contributed by atoms with E-state index in [9.17, 15) is 14.7 Å². The van der Waals surface area contributed by atoms with E-state index in [0.717, 1.165) is 66.8 Å². The molecule has 6 aliphatic carbocycles. The summed E-state index contributed by atoms with van der Waals surface area (Å²) < 4.78 is 12.8. The van der Waals surface area contributed by atoms with Crippen molar-refractivity contribution in [1.82, 2.24) is 4.98 Å². The third-order valence-electron chi connectivity index (χ3n) is 13.4. The van der Waals surface area contributed by atoms with Crippen molar-refractivity contribution in [3.63, 3.8) is 0 Å². The Morgan fingerprint density at radius 1 is 1.11 bits per heavy atom. The minimum atomic E-state index is -0.682. The highest BCUT2D eigenvalue weighted by Gasteiger charge is 2.69. The summed E-state index contributed by atoms with van der Waals surface area (Å²) in [5.74, 6) is 3.22. The molecular weight excluding hydrogens is 629 g/mol. The average molecular weight is 673 g/mol. The van der Waals surface area contributed by atoms with Crippen LogP contribution in [0.2, 0.25) is 0 Å². The minimum Gasteiger partial charge on any atom is -0.427 e. The molecule has 9 heteroatoms. The summed E-state index contributed by atoms with van der Waals surface area (Å²) in [7, 11) is 3.03. The molecule has 9 aliphatic rings. The monoisotopic (exact) mass is 672 g/mol. The number of carbonyl (C=O) groups excluding carboxylic acids is 2. The fraction of sp³-hybridized carbons (Fsp3) is 0.605. The molecule has 7 bridgehead atoms. The Morgan fingerprint density at radius 2 is 1.96 bits per heavy atom. The maximum absolute atomic E-state index is 14.3. The number of esters is 2. The Hall–Kier alpha value is -2.49. The van der Waals surface area contributed by atoms with Crippen LogP contribution in [0.15, 0.2) is 63.8 Å². The molecule has 7 nitrogen and oxygen atoms in total. The maximum atomic E-state index is 14.3. The molecule has 2 N–H and O–H groups in total. The fourth-order valence-corrected chi connectivity index (χ4v) is 13.3. The standard InChI is InChI=1S/C38H44N2O5S2/c1-3-37(12-4-5-13-37)26-8-7-22-18-25-23-10-14-38(31(25)30-29(22)33(26)45-34(30)41)27-9-6-20(2)36(43)47-46-19-40-28-17-21(11-15-39-28)16-24(23)32(38)35(42)44-27/h9,11,15,17,20,22-23,25,31,36,43H,3-8,10,12-14,16,18-19H2,1-2H3,(H,39,40). The van der Waals surface area contributed by atoms with Gasteiger partial charge in [0.15, 0.2) is 0 Å². The van der Waals surface area contributed by atoms with Gasteiger partial charge in [-0.15, -0.1) is 0 Å². The van der Waals surface area contributed by atoms with Gasteiger partial charge in [0.05, 0.1) is 16.9 Å². The Balaban J connectivity index is 1.24. The van der Waals surface area contributed by atoms with E-state index >= 15 is 0 Å². The third kappa shape index (κ3) is 4.40. The van der Waals surface area contributed by atoms with Gasteiger partial charge in [-0.25, -0.2) is 14.6 Å². The lowest BCUT2D eigenvalue weighted by Gasteiger charge is -2.57. The number of allylic oxidation sites excluding steroid dienone is 5. The number of aliphatic hydroxyl groups is 1. The van der Waals surface area contributed by atoms with Crippen molar-refractivity contribution in [2.24, 2.45) is 40.4 Å². The third-order valence-corrected chi connectivity index (χ3v) is 15.8. The minimum absolute atomic E-state index is 0.0472. The molecule has 3 fully saturated rings. The van der Waals surface area contributed by atoms with Crippen LogP contribution in [-0.2, 0) is 25.5 Å². The fourth-order valence-electron chi connectivity index (χ4n) is 11.2. The van der Waals surface area contributed by atoms with Crippen molar-refractivity contribution >= 4 is 39.3 Å². The number of rotatable bonds is 2. The van der Waals surface area contributed by atoms with Crippen LogP contribution in [0, 0.1) is 40.4 Å². The molecule has 1 aromatic heterocycles. The van der Waals surface area contributed by atoms with Gasteiger partial charge in [-0.1, -0.05) is 53.9 Å². The van der Waals surface area contributed by atoms with Crippen LogP contribution in [0.5, 0.6) is 0 Å². The molecule has 1 saturated heterocycles. The van der Waals surface area contributed by atoms with Crippen molar-refractivity contribution in [2.45, 2.75) is 96.3 Å². The number of hydrogen-bond donors (Lipinski definition) is 2. The first-order valence-corrected chi connectivity index (χ1v) is 20.2. The van der Waals surface area contributed by atoms with Crippen LogP contribution < -0.4 is 5.32 Å². The second-order valence-corrected chi connectivity index (χ2v) is 17.8. The first-order valence-electron chi connectivity index (χ1n) is 17.9. The van der Waals surface area contributed by atoms with Crippen molar-refractivity contribution in [3.05, 3.63) is 69.4 Å². The largest absolute Gasteiger partial charge is 0.427 e. The van der Waals surface area contributed by atoms with Gasteiger partial charge in [-0.3, -0.25) is 0 Å². The Morgan fingerprint density at radius 3 is 2.79 bits per heavy atom. The van der Waals surface area contributed by atoms with Crippen molar-refractivity contribution in [2.75, 3.05) is 11.2 Å². The van der Waals surface area contributed by atoms with Crippen molar-refractivity contribution < 1.29 is 24.2 Å². The number of hydrogen-bond acceptors (Lipinski definition) is 9. The maximum Gasteiger partial charge on any atom is 0.340 e. The second-order valence-electron chi connectivity index (χ2n) is 15.3. The van der Waals surface area contributed by atoms with E-state index in [0.29, 0.717) is 30.4 Å². The predicted molar refractivity (Wildman–Crippen MR) is 183 cm³/mol. The molecule has 10 rings (SSSR count). The van der Waals surface area contributed by atoms with Gasteiger partial charge >= 0.3 is 11.9 Å². The van der Waals surface area contributed by atoms with Gasteiger partial charge in [0.1, 0.15) is 22.8 Å². The Kier molecular flexibility index (Phi) is 7.33. The normalized spacial score (nSPS) is 37.3. The molecule has 3 aliphatic heterocycles. The summed E-state index contributed by atoms with van der Waals surface area (Å²) in [5, 5.41) is 14.4. The number of ether oxygens (including phenoxy) is 2. The van der Waals surface area contributed by atoms with Crippen molar-refractivity contribution in [3.8, 4) is 0 Å². The number of aromatic nitrogens is 1. The van der Waals surface area contributed by atoms with Gasteiger partial charge in [-0.2, -0.15) is 0 Å². The van der Waals surface area contributed by atoms with Crippen LogP contribution in [-0.4, -0.2) is 33.3 Å². The molecular formula is C38H44N2O5S2. The number of aliphatic hydroxyl groups excluding tert-OH is 1. The lowest BCUT2D eigenvalue weighted by molar-refractivity contribution is -0.135. The summed E-state index contributed by atoms with van der Waals surface area (Å²) in [6.45, 7) is 4.36. The zero-order chi connectivity index (χ0) is 32.1. The van der Waals surface area contributed by atoms with E-state index in [2.05, 4.69) is 35.4 Å². The number of nitrogens with one attached hydrogen (secondary N) is 1. The molecule has 1 aromatic rings. The van der Waals surface area contributed by atoms with Gasteiger partial charge in [0, 0.05) is 23.3 Å². The molecule has 7 unspecified atom stereocenters. The summed E-state index contributed by atoms with van der Waals surface area (Å²) in [6.07, 6.45) is 16.0. The van der Waals surface area contributed by atoms with Crippen LogP contribution in [0.3, 0.4) is 0 Å². The molecule has 2 saturated carbocycles. The van der Waals surface area contributed by atoms with Crippen LogP contribution in [0.25, 0.3) is 0 Å². The highest BCUT2D eigenvalue weighted by atomic mass is 33.1. The average Bonchev–Trinajstić information content (AvgIpc) is 3.78. The highest BCUT2D eigenvalue weighted by molar-refractivity contribution is 8.76. The Labute approximate surface area is 284 Å². The van der Waals surface area contributed by atoms with E-state index < -0.39 is 10.9 Å². The Bertz CT molecular complexity index is 1690. The second kappa shape index (κ2) is 11.3. The lowest BCUT2D eigenvalue weighted by Crippen LogP contribution is -2.53. The van der Waals surface area contributed by atoms with Crippen molar-refractivity contribution in [1.29, 1.82) is 0 Å². The summed E-state index contributed by atoms with van der Waals surface area (Å²) in [4.78, 5) is 33.1. The zero-order valence-electron chi connectivity index (χ0n) is 27.3. The van der Waals surface area contributed by atoms with Gasteiger partial charge in [0.2, 0.25) is 0 Å². The molecule has 1 spiro atoms. The number of anilines is 1. The molecule has 248 valence electrons. The SMILES string of the molecule is CCC1(C2=C3OC(=O)C4=C3C(CC2)CC2C3CCC5(C6=CCC(C)C(O)SSCNc7cc(ccn7)CC3=C5C(=O)O6)C42)CCCC1. The van der Waals surface area contributed by atoms with E-state index in [1.807, 2.05) is 13.1 Å². The van der Waals surface area contributed by atoms with Gasteiger partial charge in [0.25, 0.3) is 0 Å². The van der Waals surface area contributed by atoms with E-state index in [-0.39, 0.29) is 41.0 Å². The molecule has 0 aromatic carbocycles. The number of carbonyl (C=O) groups is 2. The van der Waals surface area contributed by atoms with Crippen LogP contribution in [0.1, 0.15) is 90.0 Å². The van der Waals surface area contributed by atoms with Crippen LogP contribution in [0.4, 0.5) is 5.82 Å². The smallest absolute Gasteiger partial charge is 0.340 e. The van der Waals surface area contributed by atoms with Gasteiger partial charge in [-0.05, 0) is 123 Å². The summed E-state index contributed by atoms with van der Waals surface area (Å²) in [5.41, 5.74) is 5.45. The molecule has 0 amide bonds. The van der Waals surface area contributed by atoms with E-state index in [4.69, 9.17) is 9.47 Å². The van der Waals surface area contributed by atoms with E-state index in [1.54, 1.807) is 10.8 Å². The van der Waals surface area contributed by atoms with E-state index in [1.165, 1.54) is 53.2 Å². The lowest BCUT2D eigenvalue weighted by atomic mass is 9.43. The van der Waals surface area contributed by atoms with Crippen LogP contribution >= 0.6 is 21.6 Å². The topological polar surface area (TPSA) is 97.8 Å². The molecule has 4 heterocycles. The van der Waals surface area contributed by atoms with Gasteiger partial charge < -0.3 is 19.9 Å². The number of nitrogens with zero attached hydrogens (tertiary/aromatic N) is 1. The molecule has 47 heavy (non-hydrogen) atoms. The highest BCUT2D eigenvalue weighted by Crippen LogP contribution is 2.72. The molecule has 7 atom stereocenters. The zero-order valence-corrected chi connectivity index (χ0v) is 28.9. The molecule has 0 radical (unpaired) electrons. The first kappa shape index (κ1) is 30.6. The number of fused-ring (bicyclic) bond motifs is 3.